The molecule has 0 amide bonds. The standard InChI is InChI=1S/C16H25ClN2/c1-4-14-11-19(16(9-18-14)12(2)3)10-13-7-5-6-8-15(13)17/h5-8,12,14,16,18H,4,9-11H2,1-3H3. The summed E-state index contributed by atoms with van der Waals surface area (Å²) < 4.78 is 0. The topological polar surface area (TPSA) is 15.3 Å². The zero-order chi connectivity index (χ0) is 13.8. The number of rotatable bonds is 4. The highest BCUT2D eigenvalue weighted by Crippen LogP contribution is 2.22. The van der Waals surface area contributed by atoms with E-state index in [0.717, 1.165) is 24.7 Å². The van der Waals surface area contributed by atoms with Gasteiger partial charge in [0, 0.05) is 36.7 Å². The molecule has 0 saturated carbocycles. The van der Waals surface area contributed by atoms with Gasteiger partial charge in [0.2, 0.25) is 0 Å². The van der Waals surface area contributed by atoms with Crippen LogP contribution in [-0.2, 0) is 6.54 Å². The summed E-state index contributed by atoms with van der Waals surface area (Å²) in [5.41, 5.74) is 1.24. The van der Waals surface area contributed by atoms with Crippen molar-refractivity contribution in [2.24, 2.45) is 5.92 Å². The van der Waals surface area contributed by atoms with Crippen LogP contribution in [0.25, 0.3) is 0 Å². The van der Waals surface area contributed by atoms with Gasteiger partial charge in [-0.25, -0.2) is 0 Å². The molecule has 1 fully saturated rings. The summed E-state index contributed by atoms with van der Waals surface area (Å²) in [4.78, 5) is 2.59. The molecule has 0 spiro atoms. The van der Waals surface area contributed by atoms with Gasteiger partial charge in [-0.1, -0.05) is 50.6 Å². The van der Waals surface area contributed by atoms with E-state index in [0.29, 0.717) is 18.0 Å². The normalized spacial score (nSPS) is 24.9. The molecule has 2 rings (SSSR count). The molecule has 1 aliphatic heterocycles. The SMILES string of the molecule is CCC1CN(Cc2ccccc2Cl)C(C(C)C)CN1. The number of piperazine rings is 1. The van der Waals surface area contributed by atoms with Crippen molar-refractivity contribution >= 4 is 11.6 Å². The van der Waals surface area contributed by atoms with Crippen LogP contribution < -0.4 is 5.32 Å². The fourth-order valence-electron chi connectivity index (χ4n) is 2.86. The Labute approximate surface area is 122 Å². The van der Waals surface area contributed by atoms with Gasteiger partial charge in [0.15, 0.2) is 0 Å². The predicted molar refractivity (Wildman–Crippen MR) is 82.6 cm³/mol. The summed E-state index contributed by atoms with van der Waals surface area (Å²) >= 11 is 6.30. The number of benzene rings is 1. The van der Waals surface area contributed by atoms with Crippen LogP contribution in [0.4, 0.5) is 0 Å². The van der Waals surface area contributed by atoms with Gasteiger partial charge < -0.3 is 5.32 Å². The van der Waals surface area contributed by atoms with Crippen molar-refractivity contribution in [3.05, 3.63) is 34.9 Å². The van der Waals surface area contributed by atoms with Crippen molar-refractivity contribution in [3.63, 3.8) is 0 Å². The summed E-state index contributed by atoms with van der Waals surface area (Å²) in [6.07, 6.45) is 1.18. The van der Waals surface area contributed by atoms with E-state index in [1.807, 2.05) is 12.1 Å². The average Bonchev–Trinajstić information content (AvgIpc) is 2.41. The molecule has 0 aromatic heterocycles. The Bertz CT molecular complexity index is 405. The fourth-order valence-corrected chi connectivity index (χ4v) is 3.05. The highest BCUT2D eigenvalue weighted by molar-refractivity contribution is 6.31. The van der Waals surface area contributed by atoms with Crippen LogP contribution in [0.15, 0.2) is 24.3 Å². The molecule has 19 heavy (non-hydrogen) atoms. The Balaban J connectivity index is 2.11. The van der Waals surface area contributed by atoms with Crippen LogP contribution in [0.1, 0.15) is 32.8 Å². The zero-order valence-electron chi connectivity index (χ0n) is 12.2. The number of hydrogen-bond acceptors (Lipinski definition) is 2. The number of hydrogen-bond donors (Lipinski definition) is 1. The molecule has 2 nitrogen and oxygen atoms in total. The second-order valence-electron chi connectivity index (χ2n) is 5.85. The summed E-state index contributed by atoms with van der Waals surface area (Å²) in [6.45, 7) is 10.0. The van der Waals surface area contributed by atoms with E-state index < -0.39 is 0 Å². The van der Waals surface area contributed by atoms with Gasteiger partial charge in [0.05, 0.1) is 0 Å². The van der Waals surface area contributed by atoms with E-state index in [9.17, 15) is 0 Å². The quantitative estimate of drug-likeness (QED) is 0.907. The van der Waals surface area contributed by atoms with E-state index in [-0.39, 0.29) is 0 Å². The third-order valence-corrected chi connectivity index (χ3v) is 4.50. The lowest BCUT2D eigenvalue weighted by molar-refractivity contribution is 0.0901. The highest BCUT2D eigenvalue weighted by atomic mass is 35.5. The summed E-state index contributed by atoms with van der Waals surface area (Å²) in [5, 5.41) is 4.54. The van der Waals surface area contributed by atoms with Crippen molar-refractivity contribution in [1.29, 1.82) is 0 Å². The first kappa shape index (κ1) is 14.8. The van der Waals surface area contributed by atoms with Crippen molar-refractivity contribution in [3.8, 4) is 0 Å². The maximum atomic E-state index is 6.30. The molecule has 2 atom stereocenters. The molecule has 106 valence electrons. The van der Waals surface area contributed by atoms with Crippen molar-refractivity contribution in [2.75, 3.05) is 13.1 Å². The van der Waals surface area contributed by atoms with Gasteiger partial charge in [-0.15, -0.1) is 0 Å². The van der Waals surface area contributed by atoms with Crippen molar-refractivity contribution < 1.29 is 0 Å². The lowest BCUT2D eigenvalue weighted by Gasteiger charge is -2.42. The minimum Gasteiger partial charge on any atom is -0.311 e. The van der Waals surface area contributed by atoms with Crippen molar-refractivity contribution in [2.45, 2.75) is 45.8 Å². The first-order chi connectivity index (χ1) is 9.11. The Morgan fingerprint density at radius 1 is 1.37 bits per heavy atom. The molecule has 3 heteroatoms. The Hall–Kier alpha value is -0.570. The smallest absolute Gasteiger partial charge is 0.0451 e. The first-order valence-corrected chi connectivity index (χ1v) is 7.70. The Kier molecular flexibility index (Phi) is 5.26. The maximum absolute atomic E-state index is 6.30. The number of nitrogens with one attached hydrogen (secondary N) is 1. The molecule has 1 aliphatic rings. The Morgan fingerprint density at radius 2 is 2.11 bits per heavy atom. The van der Waals surface area contributed by atoms with Gasteiger partial charge in [-0.2, -0.15) is 0 Å². The van der Waals surface area contributed by atoms with E-state index in [1.165, 1.54) is 12.0 Å². The van der Waals surface area contributed by atoms with Crippen LogP contribution in [0.5, 0.6) is 0 Å². The fraction of sp³-hybridized carbons (Fsp3) is 0.625. The lowest BCUT2D eigenvalue weighted by Crippen LogP contribution is -2.57. The summed E-state index contributed by atoms with van der Waals surface area (Å²) in [6, 6.07) is 9.41. The lowest BCUT2D eigenvalue weighted by atomic mass is 9.97. The third kappa shape index (κ3) is 3.71. The minimum absolute atomic E-state index is 0.596. The van der Waals surface area contributed by atoms with Crippen LogP contribution in [0.3, 0.4) is 0 Å². The molecule has 2 unspecified atom stereocenters. The summed E-state index contributed by atoms with van der Waals surface area (Å²) in [7, 11) is 0. The second-order valence-corrected chi connectivity index (χ2v) is 6.25. The number of halogens is 1. The Morgan fingerprint density at radius 3 is 2.74 bits per heavy atom. The van der Waals surface area contributed by atoms with E-state index in [4.69, 9.17) is 11.6 Å². The molecule has 1 N–H and O–H groups in total. The van der Waals surface area contributed by atoms with E-state index >= 15 is 0 Å². The summed E-state index contributed by atoms with van der Waals surface area (Å²) in [5.74, 6) is 0.660. The highest BCUT2D eigenvalue weighted by Gasteiger charge is 2.29. The molecule has 1 saturated heterocycles. The zero-order valence-corrected chi connectivity index (χ0v) is 13.0. The van der Waals surface area contributed by atoms with Gasteiger partial charge >= 0.3 is 0 Å². The third-order valence-electron chi connectivity index (χ3n) is 4.13. The first-order valence-electron chi connectivity index (χ1n) is 7.32. The van der Waals surface area contributed by atoms with Gasteiger partial charge in [-0.05, 0) is 24.0 Å². The average molecular weight is 281 g/mol. The predicted octanol–water partition coefficient (Wildman–Crippen LogP) is 3.55. The molecular weight excluding hydrogens is 256 g/mol. The van der Waals surface area contributed by atoms with Crippen LogP contribution >= 0.6 is 11.6 Å². The van der Waals surface area contributed by atoms with Crippen LogP contribution in [-0.4, -0.2) is 30.1 Å². The largest absolute Gasteiger partial charge is 0.311 e. The molecular formula is C16H25ClN2. The van der Waals surface area contributed by atoms with Crippen LogP contribution in [0, 0.1) is 5.92 Å². The van der Waals surface area contributed by atoms with Gasteiger partial charge in [0.1, 0.15) is 0 Å². The van der Waals surface area contributed by atoms with E-state index in [1.54, 1.807) is 0 Å². The molecule has 0 radical (unpaired) electrons. The molecule has 0 bridgehead atoms. The van der Waals surface area contributed by atoms with Gasteiger partial charge in [-0.3, -0.25) is 4.90 Å². The maximum Gasteiger partial charge on any atom is 0.0451 e. The minimum atomic E-state index is 0.596. The van der Waals surface area contributed by atoms with Gasteiger partial charge in [0.25, 0.3) is 0 Å². The molecule has 0 aliphatic carbocycles. The molecule has 1 aromatic carbocycles. The molecule has 1 heterocycles. The van der Waals surface area contributed by atoms with Crippen LogP contribution in [0.2, 0.25) is 5.02 Å². The molecule has 1 aromatic rings. The van der Waals surface area contributed by atoms with E-state index in [2.05, 4.69) is 43.1 Å². The monoisotopic (exact) mass is 280 g/mol. The second kappa shape index (κ2) is 6.74. The number of nitrogens with zero attached hydrogens (tertiary/aromatic N) is 1. The van der Waals surface area contributed by atoms with Crippen molar-refractivity contribution in [1.82, 2.24) is 10.2 Å².